The molecule has 0 unspecified atom stereocenters. The lowest BCUT2D eigenvalue weighted by Crippen LogP contribution is -2.14. The van der Waals surface area contributed by atoms with E-state index in [2.05, 4.69) is 46.2 Å². The van der Waals surface area contributed by atoms with E-state index in [0.717, 1.165) is 67.2 Å². The number of nitrogens with zero attached hydrogens (tertiary/aromatic N) is 2. The van der Waals surface area contributed by atoms with Gasteiger partial charge in [0.15, 0.2) is 0 Å². The second-order valence-electron chi connectivity index (χ2n) is 11.1. The molecule has 0 N–H and O–H groups in total. The highest BCUT2D eigenvalue weighted by Crippen LogP contribution is 2.47. The van der Waals surface area contributed by atoms with Gasteiger partial charge in [-0.25, -0.2) is 0 Å². The van der Waals surface area contributed by atoms with Crippen LogP contribution >= 0.6 is 0 Å². The Kier molecular flexibility index (Phi) is 5.13. The van der Waals surface area contributed by atoms with Crippen LogP contribution in [-0.2, 0) is 25.2 Å². The molecule has 0 aromatic heterocycles. The number of hydrogen-bond donors (Lipinski definition) is 0. The van der Waals surface area contributed by atoms with Gasteiger partial charge < -0.3 is 9.80 Å². The summed E-state index contributed by atoms with van der Waals surface area (Å²) in [5.41, 5.74) is 3.53. The third kappa shape index (κ3) is 3.67. The highest BCUT2D eigenvalue weighted by Gasteiger charge is 2.34. The smallest absolute Gasteiger partial charge is 0.340 e. The van der Waals surface area contributed by atoms with Crippen molar-refractivity contribution in [3.63, 3.8) is 0 Å². The van der Waals surface area contributed by atoms with Crippen LogP contribution in [0.4, 0.5) is 49.1 Å². The van der Waals surface area contributed by atoms with E-state index in [1.165, 1.54) is 12.1 Å². The van der Waals surface area contributed by atoms with Gasteiger partial charge in [0.1, 0.15) is 0 Å². The predicted octanol–water partition coefficient (Wildman–Crippen LogP) is 10.0. The molecule has 6 aromatic rings. The summed E-state index contributed by atoms with van der Waals surface area (Å²) in [6, 6.07) is 24.4. The molecule has 6 aromatic carbocycles. The first-order chi connectivity index (χ1) is 20.1. The zero-order valence-electron chi connectivity index (χ0n) is 22.1. The predicted molar refractivity (Wildman–Crippen MR) is 154 cm³/mol. The molecule has 2 aliphatic heterocycles. The van der Waals surface area contributed by atoms with E-state index in [1.807, 2.05) is 12.1 Å². The number of halogens is 6. The average molecular weight is 573 g/mol. The zero-order chi connectivity index (χ0) is 29.0. The van der Waals surface area contributed by atoms with Crippen molar-refractivity contribution in [2.24, 2.45) is 0 Å². The molecule has 0 bridgehead atoms. The topological polar surface area (TPSA) is 6.48 Å². The SMILES string of the molecule is FC(F)(F)c1ccc2c(c1)CCN2c1ccc2ccc3c(N4CCc5cc(C(F)(F)F)ccc54)ccc4ccc1c2c43. The summed E-state index contributed by atoms with van der Waals surface area (Å²) in [5.74, 6) is 0. The van der Waals surface area contributed by atoms with Crippen LogP contribution in [0.15, 0.2) is 84.9 Å². The summed E-state index contributed by atoms with van der Waals surface area (Å²) in [4.78, 5) is 4.19. The molecule has 2 nitrogen and oxygen atoms in total. The highest BCUT2D eigenvalue weighted by atomic mass is 19.4. The minimum absolute atomic E-state index is 0.524. The Morgan fingerprint density at radius 2 is 0.833 bits per heavy atom. The Labute approximate surface area is 236 Å². The Hall–Kier alpha value is -4.46. The van der Waals surface area contributed by atoms with Crippen LogP contribution in [0.25, 0.3) is 32.3 Å². The van der Waals surface area contributed by atoms with E-state index in [1.54, 1.807) is 12.1 Å². The van der Waals surface area contributed by atoms with Crippen LogP contribution in [0.3, 0.4) is 0 Å². The summed E-state index contributed by atoms with van der Waals surface area (Å²) in [5, 5.41) is 6.24. The van der Waals surface area contributed by atoms with Gasteiger partial charge in [0.25, 0.3) is 0 Å². The minimum atomic E-state index is -4.39. The number of anilines is 4. The first-order valence-electron chi connectivity index (χ1n) is 13.7. The number of hydrogen-bond acceptors (Lipinski definition) is 2. The van der Waals surface area contributed by atoms with Gasteiger partial charge in [-0.05, 0) is 94.0 Å². The second-order valence-corrected chi connectivity index (χ2v) is 11.1. The van der Waals surface area contributed by atoms with Crippen molar-refractivity contribution in [3.05, 3.63) is 107 Å². The van der Waals surface area contributed by atoms with Crippen LogP contribution in [0.5, 0.6) is 0 Å². The molecule has 0 aliphatic carbocycles. The maximum absolute atomic E-state index is 13.3. The van der Waals surface area contributed by atoms with Crippen LogP contribution in [0.1, 0.15) is 22.3 Å². The summed E-state index contributed by atoms with van der Waals surface area (Å²) >= 11 is 0. The molecule has 0 spiro atoms. The Balaban J connectivity index is 1.27. The van der Waals surface area contributed by atoms with Gasteiger partial charge in [0.05, 0.1) is 11.1 Å². The van der Waals surface area contributed by atoms with Gasteiger partial charge in [0.2, 0.25) is 0 Å². The standard InChI is InChI=1S/C34H22F6N2/c35-33(36,37)23-5-11-27-21(17-23)13-15-41(27)29-10-4-20-2-8-26-30(9-3-19-1-7-25(29)32(20)31(19)26)42-16-14-22-18-24(34(38,39)40)6-12-28(22)42/h1-12,17-18H,13-16H2. The van der Waals surface area contributed by atoms with E-state index in [9.17, 15) is 26.3 Å². The molecule has 8 rings (SSSR count). The van der Waals surface area contributed by atoms with Gasteiger partial charge in [-0.15, -0.1) is 0 Å². The summed E-state index contributed by atoms with van der Waals surface area (Å²) < 4.78 is 80.1. The Morgan fingerprint density at radius 1 is 0.452 bits per heavy atom. The molecule has 8 heteroatoms. The maximum atomic E-state index is 13.3. The van der Waals surface area contributed by atoms with Crippen molar-refractivity contribution in [1.82, 2.24) is 0 Å². The molecule has 0 radical (unpaired) electrons. The van der Waals surface area contributed by atoms with E-state index < -0.39 is 23.5 Å². The van der Waals surface area contributed by atoms with Crippen molar-refractivity contribution in [2.45, 2.75) is 25.2 Å². The molecule has 2 heterocycles. The molecule has 0 saturated carbocycles. The van der Waals surface area contributed by atoms with E-state index in [0.29, 0.717) is 37.1 Å². The first-order valence-corrected chi connectivity index (χ1v) is 13.7. The molecule has 2 aliphatic rings. The van der Waals surface area contributed by atoms with Crippen molar-refractivity contribution in [2.75, 3.05) is 22.9 Å². The van der Waals surface area contributed by atoms with E-state index in [4.69, 9.17) is 0 Å². The fourth-order valence-corrected chi connectivity index (χ4v) is 6.90. The summed E-state index contributed by atoms with van der Waals surface area (Å²) in [7, 11) is 0. The van der Waals surface area contributed by atoms with Gasteiger partial charge in [-0.3, -0.25) is 0 Å². The van der Waals surface area contributed by atoms with Crippen LogP contribution < -0.4 is 9.80 Å². The Bertz CT molecular complexity index is 1890. The molecule has 42 heavy (non-hydrogen) atoms. The molecule has 0 amide bonds. The van der Waals surface area contributed by atoms with Crippen molar-refractivity contribution in [1.29, 1.82) is 0 Å². The summed E-state index contributed by atoms with van der Waals surface area (Å²) in [6.45, 7) is 1.16. The average Bonchev–Trinajstić information content (AvgIpc) is 3.58. The fraction of sp³-hybridized carbons (Fsp3) is 0.176. The lowest BCUT2D eigenvalue weighted by molar-refractivity contribution is -0.138. The van der Waals surface area contributed by atoms with Crippen molar-refractivity contribution in [3.8, 4) is 0 Å². The zero-order valence-corrected chi connectivity index (χ0v) is 22.1. The van der Waals surface area contributed by atoms with Crippen LogP contribution in [0, 0.1) is 0 Å². The van der Waals surface area contributed by atoms with Crippen LogP contribution in [0.2, 0.25) is 0 Å². The molecular weight excluding hydrogens is 550 g/mol. The monoisotopic (exact) mass is 572 g/mol. The highest BCUT2D eigenvalue weighted by molar-refractivity contribution is 6.27. The van der Waals surface area contributed by atoms with Gasteiger partial charge in [-0.1, -0.05) is 36.4 Å². The van der Waals surface area contributed by atoms with Gasteiger partial charge in [-0.2, -0.15) is 26.3 Å². The minimum Gasteiger partial charge on any atom is -0.340 e. The lowest BCUT2D eigenvalue weighted by Gasteiger charge is -2.25. The summed E-state index contributed by atoms with van der Waals surface area (Å²) in [6.07, 6.45) is -7.72. The Morgan fingerprint density at radius 3 is 1.24 bits per heavy atom. The third-order valence-electron chi connectivity index (χ3n) is 8.80. The first kappa shape index (κ1) is 25.3. The number of alkyl halides is 6. The lowest BCUT2D eigenvalue weighted by atomic mass is 9.92. The number of benzene rings is 6. The molecule has 0 fully saturated rings. The number of fused-ring (bicyclic) bond motifs is 2. The molecular formula is C34H22F6N2. The maximum Gasteiger partial charge on any atom is 0.416 e. The normalized spacial score (nSPS) is 15.4. The fourth-order valence-electron chi connectivity index (χ4n) is 6.90. The molecule has 210 valence electrons. The quantitative estimate of drug-likeness (QED) is 0.151. The second kappa shape index (κ2) is 8.53. The van der Waals surface area contributed by atoms with E-state index in [-0.39, 0.29) is 0 Å². The largest absolute Gasteiger partial charge is 0.416 e. The van der Waals surface area contributed by atoms with Crippen LogP contribution in [-0.4, -0.2) is 13.1 Å². The van der Waals surface area contributed by atoms with E-state index >= 15 is 0 Å². The van der Waals surface area contributed by atoms with Gasteiger partial charge >= 0.3 is 12.4 Å². The van der Waals surface area contributed by atoms with Crippen molar-refractivity contribution >= 4 is 55.1 Å². The number of rotatable bonds is 2. The molecule has 0 atom stereocenters. The third-order valence-corrected chi connectivity index (χ3v) is 8.80. The van der Waals surface area contributed by atoms with Crippen molar-refractivity contribution < 1.29 is 26.3 Å². The molecule has 0 saturated heterocycles. The van der Waals surface area contributed by atoms with Gasteiger partial charge in [0, 0.05) is 46.6 Å².